The van der Waals surface area contributed by atoms with Gasteiger partial charge in [0.15, 0.2) is 5.78 Å². The van der Waals surface area contributed by atoms with E-state index in [0.717, 1.165) is 42.7 Å². The lowest BCUT2D eigenvalue weighted by Gasteiger charge is -2.60. The van der Waals surface area contributed by atoms with Gasteiger partial charge in [0.2, 0.25) is 11.8 Å². The van der Waals surface area contributed by atoms with Crippen molar-refractivity contribution in [2.24, 2.45) is 34.5 Å². The molecule has 3 saturated carbocycles. The number of amides is 2. The van der Waals surface area contributed by atoms with Crippen LogP contribution in [0, 0.1) is 34.5 Å². The van der Waals surface area contributed by atoms with Crippen molar-refractivity contribution in [3.05, 3.63) is 29.8 Å². The van der Waals surface area contributed by atoms with Gasteiger partial charge in [-0.05, 0) is 117 Å². The van der Waals surface area contributed by atoms with Crippen LogP contribution in [-0.4, -0.2) is 23.6 Å². The van der Waals surface area contributed by atoms with E-state index in [1.165, 1.54) is 32.1 Å². The fourth-order valence-electron chi connectivity index (χ4n) is 8.60. The average molecular weight is 465 g/mol. The summed E-state index contributed by atoms with van der Waals surface area (Å²) in [5.74, 6) is 3.22. The highest BCUT2D eigenvalue weighted by Gasteiger charge is 2.60. The molecule has 34 heavy (non-hydrogen) atoms. The van der Waals surface area contributed by atoms with E-state index in [1.807, 2.05) is 12.1 Å². The maximum Gasteiger partial charge on any atom is 0.224 e. The smallest absolute Gasteiger partial charge is 0.224 e. The van der Waals surface area contributed by atoms with Gasteiger partial charge in [-0.15, -0.1) is 0 Å². The zero-order chi connectivity index (χ0) is 24.1. The second-order valence-electron chi connectivity index (χ2n) is 12.1. The molecule has 0 bridgehead atoms. The van der Waals surface area contributed by atoms with Crippen LogP contribution in [0.4, 0.5) is 5.69 Å². The molecule has 2 amide bonds. The zero-order valence-corrected chi connectivity index (χ0v) is 21.0. The molecule has 1 saturated heterocycles. The number of hydrogen-bond donors (Lipinski definition) is 2. The average Bonchev–Trinajstić information content (AvgIpc) is 3.15. The third kappa shape index (κ3) is 3.99. The molecule has 0 aromatic heterocycles. The van der Waals surface area contributed by atoms with Gasteiger partial charge in [-0.1, -0.05) is 13.8 Å². The number of anilines is 1. The van der Waals surface area contributed by atoms with Gasteiger partial charge < -0.3 is 10.6 Å². The van der Waals surface area contributed by atoms with Gasteiger partial charge in [0.25, 0.3) is 0 Å². The first kappa shape index (κ1) is 23.6. The molecule has 5 rings (SSSR count). The van der Waals surface area contributed by atoms with Gasteiger partial charge in [0.1, 0.15) is 0 Å². The summed E-state index contributed by atoms with van der Waals surface area (Å²) in [6, 6.07) is 7.53. The lowest BCUT2D eigenvalue weighted by molar-refractivity contribution is -0.137. The molecule has 1 aliphatic heterocycles. The molecule has 1 aromatic carbocycles. The Labute approximate surface area is 203 Å². The van der Waals surface area contributed by atoms with E-state index >= 15 is 0 Å². The summed E-state index contributed by atoms with van der Waals surface area (Å²) < 4.78 is 0. The summed E-state index contributed by atoms with van der Waals surface area (Å²) in [4.78, 5) is 36.2. The third-order valence-electron chi connectivity index (χ3n) is 10.6. The Balaban J connectivity index is 1.20. The van der Waals surface area contributed by atoms with E-state index < -0.39 is 0 Å². The predicted octanol–water partition coefficient (Wildman–Crippen LogP) is 5.75. The Kier molecular flexibility index (Phi) is 6.10. The first-order valence-electron chi connectivity index (χ1n) is 13.4. The van der Waals surface area contributed by atoms with Crippen LogP contribution in [0.2, 0.25) is 0 Å². The molecular weight excluding hydrogens is 424 g/mol. The summed E-state index contributed by atoms with van der Waals surface area (Å²) in [6.45, 7) is 6.52. The number of Topliss-reactive ketones (excluding diaryl/α,β-unsaturated/α-hetero) is 1. The summed E-state index contributed by atoms with van der Waals surface area (Å²) in [6.07, 6.45) is 10.7. The van der Waals surface area contributed by atoms with Crippen molar-refractivity contribution < 1.29 is 14.4 Å². The third-order valence-corrected chi connectivity index (χ3v) is 10.6. The number of benzene rings is 1. The molecule has 5 heteroatoms. The van der Waals surface area contributed by atoms with E-state index in [9.17, 15) is 14.4 Å². The number of carbonyl (C=O) groups excluding carboxylic acids is 3. The lowest BCUT2D eigenvalue weighted by atomic mass is 9.47. The minimum absolute atomic E-state index is 0.0346. The van der Waals surface area contributed by atoms with Gasteiger partial charge in [0.05, 0.1) is 0 Å². The highest BCUT2D eigenvalue weighted by atomic mass is 16.2. The number of piperidine rings is 1. The van der Waals surface area contributed by atoms with Crippen LogP contribution in [0.1, 0.15) is 95.3 Å². The maximum absolute atomic E-state index is 12.7. The lowest BCUT2D eigenvalue weighted by Crippen LogP contribution is -2.61. The Morgan fingerprint density at radius 1 is 0.971 bits per heavy atom. The van der Waals surface area contributed by atoms with Gasteiger partial charge in [-0.25, -0.2) is 0 Å². The second kappa shape index (κ2) is 8.80. The molecule has 4 fully saturated rings. The molecule has 0 spiro atoms. The molecule has 184 valence electrons. The van der Waals surface area contributed by atoms with Crippen molar-refractivity contribution in [2.45, 2.75) is 91.0 Å². The molecule has 3 aliphatic carbocycles. The summed E-state index contributed by atoms with van der Waals surface area (Å²) in [5.41, 5.74) is 2.02. The van der Waals surface area contributed by atoms with Crippen LogP contribution in [0.5, 0.6) is 0 Å². The molecule has 1 aromatic rings. The quantitative estimate of drug-likeness (QED) is 0.545. The number of rotatable bonds is 5. The van der Waals surface area contributed by atoms with Gasteiger partial charge in [-0.2, -0.15) is 0 Å². The largest absolute Gasteiger partial charge is 0.353 e. The monoisotopic (exact) mass is 464 g/mol. The number of carbonyl (C=O) groups is 3. The van der Waals surface area contributed by atoms with E-state index in [4.69, 9.17) is 0 Å². The molecule has 4 aliphatic rings. The van der Waals surface area contributed by atoms with Gasteiger partial charge >= 0.3 is 0 Å². The Morgan fingerprint density at radius 3 is 2.44 bits per heavy atom. The first-order valence-corrected chi connectivity index (χ1v) is 13.4. The molecule has 0 radical (unpaired) electrons. The number of ketones is 1. The fraction of sp³-hybridized carbons (Fsp3) is 0.690. The Morgan fingerprint density at radius 2 is 1.71 bits per heavy atom. The number of fused-ring (bicyclic) bond motifs is 5. The van der Waals surface area contributed by atoms with Crippen LogP contribution >= 0.6 is 0 Å². The van der Waals surface area contributed by atoms with E-state index in [2.05, 4.69) is 24.5 Å². The fourth-order valence-corrected chi connectivity index (χ4v) is 8.60. The van der Waals surface area contributed by atoms with Gasteiger partial charge in [-0.3, -0.25) is 14.4 Å². The SMILES string of the molecule is CC(=O)c1ccc(NC(=O)CC[C@H]2CC[C@H]3[C@@H]4CC[C@H]5NC(=O)CC[C@]5(C)[C@H]4CC[C@]23C)cc1. The van der Waals surface area contributed by atoms with Crippen molar-refractivity contribution in [3.63, 3.8) is 0 Å². The van der Waals surface area contributed by atoms with Crippen molar-refractivity contribution in [2.75, 3.05) is 5.32 Å². The van der Waals surface area contributed by atoms with Crippen molar-refractivity contribution in [1.82, 2.24) is 5.32 Å². The highest BCUT2D eigenvalue weighted by molar-refractivity contribution is 5.95. The standard InChI is InChI=1S/C29H40N2O3/c1-18(32)19-4-8-21(9-5-19)30-26(33)13-7-20-6-11-23-22-10-12-25-29(3,17-15-27(34)31-25)24(22)14-16-28(20,23)2/h4-5,8-9,20,22-25H,6-7,10-17H2,1-3H3,(H,30,33)(H,31,34)/t20-,22+,23+,24+,25-,28-,29-/m1/s1. The van der Waals surface area contributed by atoms with Gasteiger partial charge in [0, 0.05) is 30.1 Å². The maximum atomic E-state index is 12.7. The minimum atomic E-state index is 0.0346. The minimum Gasteiger partial charge on any atom is -0.353 e. The first-order chi connectivity index (χ1) is 16.2. The summed E-state index contributed by atoms with van der Waals surface area (Å²) >= 11 is 0. The summed E-state index contributed by atoms with van der Waals surface area (Å²) in [5, 5.41) is 6.35. The van der Waals surface area contributed by atoms with Crippen LogP contribution in [0.15, 0.2) is 24.3 Å². The summed E-state index contributed by atoms with van der Waals surface area (Å²) in [7, 11) is 0. The topological polar surface area (TPSA) is 75.3 Å². The highest BCUT2D eigenvalue weighted by Crippen LogP contribution is 2.66. The Hall–Kier alpha value is -2.17. The molecule has 0 unspecified atom stereocenters. The van der Waals surface area contributed by atoms with Crippen LogP contribution in [0.25, 0.3) is 0 Å². The van der Waals surface area contributed by atoms with E-state index in [1.54, 1.807) is 19.1 Å². The second-order valence-corrected chi connectivity index (χ2v) is 12.1. The Bertz CT molecular complexity index is 972. The van der Waals surface area contributed by atoms with E-state index in [-0.39, 0.29) is 23.0 Å². The molecule has 7 atom stereocenters. The van der Waals surface area contributed by atoms with Crippen LogP contribution in [0.3, 0.4) is 0 Å². The number of hydrogen-bond acceptors (Lipinski definition) is 3. The number of nitrogens with one attached hydrogen (secondary N) is 2. The molecule has 5 nitrogen and oxygen atoms in total. The van der Waals surface area contributed by atoms with E-state index in [0.29, 0.717) is 35.8 Å². The van der Waals surface area contributed by atoms with Crippen molar-refractivity contribution in [3.8, 4) is 0 Å². The predicted molar refractivity (Wildman–Crippen MR) is 133 cm³/mol. The normalized spacial score (nSPS) is 38.8. The molecule has 1 heterocycles. The zero-order valence-electron chi connectivity index (χ0n) is 21.0. The van der Waals surface area contributed by atoms with Crippen molar-refractivity contribution >= 4 is 23.3 Å². The molecular formula is C29H40N2O3. The van der Waals surface area contributed by atoms with Crippen molar-refractivity contribution in [1.29, 1.82) is 0 Å². The van der Waals surface area contributed by atoms with Crippen LogP contribution in [-0.2, 0) is 9.59 Å². The van der Waals surface area contributed by atoms with Crippen LogP contribution < -0.4 is 10.6 Å². The molecule has 2 N–H and O–H groups in total.